The summed E-state index contributed by atoms with van der Waals surface area (Å²) in [5.74, 6) is 0.962. The zero-order chi connectivity index (χ0) is 13.8. The maximum Gasteiger partial charge on any atom is 0.204 e. The number of nitrogens with zero attached hydrogens (tertiary/aromatic N) is 1. The number of aromatic nitrogens is 1. The van der Waals surface area contributed by atoms with E-state index >= 15 is 0 Å². The summed E-state index contributed by atoms with van der Waals surface area (Å²) in [5, 5.41) is 0. The second-order valence-corrected chi connectivity index (χ2v) is 4.30. The molecule has 0 spiro atoms. The van der Waals surface area contributed by atoms with Crippen LogP contribution in [0.4, 0.5) is 0 Å². The minimum Gasteiger partial charge on any atom is -0.488 e. The highest BCUT2D eigenvalue weighted by atomic mass is 16.5. The lowest BCUT2D eigenvalue weighted by Crippen LogP contribution is -2.08. The molecule has 1 aliphatic heterocycles. The van der Waals surface area contributed by atoms with Crippen molar-refractivity contribution in [1.82, 2.24) is 4.98 Å². The van der Waals surface area contributed by atoms with Crippen molar-refractivity contribution in [1.29, 1.82) is 0 Å². The summed E-state index contributed by atoms with van der Waals surface area (Å²) >= 11 is 0. The summed E-state index contributed by atoms with van der Waals surface area (Å²) in [7, 11) is 0. The Morgan fingerprint density at radius 1 is 1.32 bits per heavy atom. The molecule has 4 heteroatoms. The zero-order valence-corrected chi connectivity index (χ0v) is 11.0. The van der Waals surface area contributed by atoms with E-state index in [1.807, 2.05) is 25.1 Å². The Bertz CT molecular complexity index is 609. The van der Waals surface area contributed by atoms with Gasteiger partial charge in [-0.25, -0.2) is 0 Å². The maximum absolute atomic E-state index is 8.58. The van der Waals surface area contributed by atoms with Gasteiger partial charge in [0.25, 0.3) is 0 Å². The fourth-order valence-electron chi connectivity index (χ4n) is 2.35. The van der Waals surface area contributed by atoms with Gasteiger partial charge in [-0.15, -0.1) is 0 Å². The number of pyridine rings is 1. The van der Waals surface area contributed by atoms with E-state index in [1.54, 1.807) is 0 Å². The lowest BCUT2D eigenvalue weighted by atomic mass is 9.95. The van der Waals surface area contributed by atoms with E-state index < -0.39 is 0 Å². The quantitative estimate of drug-likeness (QED) is 0.736. The number of nitrogens with two attached hydrogens (primary N) is 1. The van der Waals surface area contributed by atoms with Crippen molar-refractivity contribution in [3.05, 3.63) is 47.3 Å². The third kappa shape index (κ3) is 2.57. The Balaban J connectivity index is 0.000000408. The van der Waals surface area contributed by atoms with Crippen LogP contribution in [0, 0.1) is 13.8 Å². The van der Waals surface area contributed by atoms with Gasteiger partial charge in [0.05, 0.1) is 0 Å². The molecule has 0 saturated heterocycles. The number of hydrogen-bond acceptors (Lipinski definition) is 3. The summed E-state index contributed by atoms with van der Waals surface area (Å²) in [5.41, 5.74) is 9.95. The predicted octanol–water partition coefficient (Wildman–Crippen LogP) is 2.36. The second kappa shape index (κ2) is 5.52. The van der Waals surface area contributed by atoms with E-state index in [0.29, 0.717) is 6.61 Å². The molecule has 4 nitrogen and oxygen atoms in total. The fraction of sp³-hybridized carbons (Fsp3) is 0.200. The molecule has 0 fully saturated rings. The minimum absolute atomic E-state index is 0.250. The molecule has 0 saturated carbocycles. The number of para-hydroxylation sites is 1. The van der Waals surface area contributed by atoms with Gasteiger partial charge in [-0.2, -0.15) is 0 Å². The highest BCUT2D eigenvalue weighted by Gasteiger charge is 2.19. The van der Waals surface area contributed by atoms with Crippen LogP contribution in [0.5, 0.6) is 5.75 Å². The van der Waals surface area contributed by atoms with Crippen LogP contribution in [0.1, 0.15) is 17.0 Å². The topological polar surface area (TPSA) is 65.2 Å². The Morgan fingerprint density at radius 3 is 2.74 bits per heavy atom. The first-order valence-corrected chi connectivity index (χ1v) is 6.02. The molecule has 1 aromatic heterocycles. The monoisotopic (exact) mass is 256 g/mol. The van der Waals surface area contributed by atoms with Crippen LogP contribution in [-0.4, -0.2) is 11.4 Å². The summed E-state index contributed by atoms with van der Waals surface area (Å²) in [4.78, 5) is 13.1. The molecule has 0 radical (unpaired) electrons. The molecule has 1 aromatic carbocycles. The molecular formula is C15H16N2O2. The summed E-state index contributed by atoms with van der Waals surface area (Å²) in [6, 6.07) is 10.3. The van der Waals surface area contributed by atoms with Crippen LogP contribution >= 0.6 is 0 Å². The number of primary amides is 1. The first-order chi connectivity index (χ1) is 9.17. The Morgan fingerprint density at radius 2 is 2.00 bits per heavy atom. The van der Waals surface area contributed by atoms with Crippen molar-refractivity contribution in [2.45, 2.75) is 20.5 Å². The number of amides is 1. The van der Waals surface area contributed by atoms with Gasteiger partial charge in [0.1, 0.15) is 12.4 Å². The number of rotatable bonds is 0. The molecule has 0 unspecified atom stereocenters. The standard InChI is InChI=1S/C14H13NO.CH3NO/c1-9-7-11-8-16-13-6-4-3-5-12(13)14(11)10(2)15-9;2-1-3/h3-7H,8H2,1-2H3;1H,(H2,2,3). The van der Waals surface area contributed by atoms with E-state index in [-0.39, 0.29) is 6.41 Å². The predicted molar refractivity (Wildman–Crippen MR) is 73.7 cm³/mol. The molecule has 3 rings (SSSR count). The van der Waals surface area contributed by atoms with Crippen molar-refractivity contribution in [3.8, 4) is 16.9 Å². The molecule has 1 amide bonds. The third-order valence-corrected chi connectivity index (χ3v) is 2.95. The van der Waals surface area contributed by atoms with Gasteiger partial charge in [0.15, 0.2) is 0 Å². The van der Waals surface area contributed by atoms with E-state index in [4.69, 9.17) is 9.53 Å². The van der Waals surface area contributed by atoms with Crippen molar-refractivity contribution in [3.63, 3.8) is 0 Å². The zero-order valence-electron chi connectivity index (χ0n) is 11.0. The van der Waals surface area contributed by atoms with E-state index in [0.717, 1.165) is 22.7 Å². The number of benzene rings is 1. The van der Waals surface area contributed by atoms with Gasteiger partial charge in [0, 0.05) is 28.1 Å². The van der Waals surface area contributed by atoms with Crippen LogP contribution in [-0.2, 0) is 11.4 Å². The highest BCUT2D eigenvalue weighted by Crippen LogP contribution is 2.38. The summed E-state index contributed by atoms with van der Waals surface area (Å²) < 4.78 is 5.73. The highest BCUT2D eigenvalue weighted by molar-refractivity contribution is 5.76. The number of carbonyl (C=O) groups excluding carboxylic acids is 1. The van der Waals surface area contributed by atoms with Crippen molar-refractivity contribution in [2.24, 2.45) is 5.73 Å². The van der Waals surface area contributed by atoms with E-state index in [1.165, 1.54) is 11.1 Å². The van der Waals surface area contributed by atoms with Gasteiger partial charge in [-0.1, -0.05) is 18.2 Å². The third-order valence-electron chi connectivity index (χ3n) is 2.95. The number of hydrogen-bond donors (Lipinski definition) is 1. The van der Waals surface area contributed by atoms with Crippen molar-refractivity contribution >= 4 is 6.41 Å². The molecule has 0 aliphatic carbocycles. The van der Waals surface area contributed by atoms with Crippen molar-refractivity contribution < 1.29 is 9.53 Å². The molecule has 0 bridgehead atoms. The van der Waals surface area contributed by atoms with Gasteiger partial charge < -0.3 is 10.5 Å². The summed E-state index contributed by atoms with van der Waals surface area (Å²) in [6.45, 7) is 4.73. The van der Waals surface area contributed by atoms with Crippen molar-refractivity contribution in [2.75, 3.05) is 0 Å². The minimum atomic E-state index is 0.250. The molecular weight excluding hydrogens is 240 g/mol. The number of fused-ring (bicyclic) bond motifs is 3. The lowest BCUT2D eigenvalue weighted by Gasteiger charge is -2.22. The van der Waals surface area contributed by atoms with Crippen LogP contribution in [0.15, 0.2) is 30.3 Å². The Labute approximate surface area is 112 Å². The SMILES string of the molecule is Cc1cc2c(c(C)n1)-c1ccccc1OC2.NC=O. The molecule has 2 N–H and O–H groups in total. The van der Waals surface area contributed by atoms with Gasteiger partial charge in [-0.3, -0.25) is 9.78 Å². The Hall–Kier alpha value is -2.36. The Kier molecular flexibility index (Phi) is 3.80. The largest absolute Gasteiger partial charge is 0.488 e. The first-order valence-electron chi connectivity index (χ1n) is 6.02. The number of ether oxygens (including phenoxy) is 1. The molecule has 1 aliphatic rings. The maximum atomic E-state index is 8.58. The smallest absolute Gasteiger partial charge is 0.204 e. The van der Waals surface area contributed by atoms with E-state index in [2.05, 4.69) is 29.8 Å². The van der Waals surface area contributed by atoms with Crippen LogP contribution in [0.2, 0.25) is 0 Å². The molecule has 98 valence electrons. The summed E-state index contributed by atoms with van der Waals surface area (Å²) in [6.07, 6.45) is 0.250. The normalized spacial score (nSPS) is 11.3. The molecule has 2 aromatic rings. The molecule has 19 heavy (non-hydrogen) atoms. The number of aryl methyl sites for hydroxylation is 2. The number of carbonyl (C=O) groups is 1. The average Bonchev–Trinajstić information content (AvgIpc) is 2.38. The van der Waals surface area contributed by atoms with Crippen LogP contribution < -0.4 is 10.5 Å². The average molecular weight is 256 g/mol. The van der Waals surface area contributed by atoms with Gasteiger partial charge in [0.2, 0.25) is 6.41 Å². The van der Waals surface area contributed by atoms with Gasteiger partial charge in [-0.05, 0) is 26.0 Å². The van der Waals surface area contributed by atoms with Crippen LogP contribution in [0.25, 0.3) is 11.1 Å². The second-order valence-electron chi connectivity index (χ2n) is 4.30. The van der Waals surface area contributed by atoms with E-state index in [9.17, 15) is 0 Å². The lowest BCUT2D eigenvalue weighted by molar-refractivity contribution is -0.106. The van der Waals surface area contributed by atoms with Crippen LogP contribution in [0.3, 0.4) is 0 Å². The fourth-order valence-corrected chi connectivity index (χ4v) is 2.35. The molecule has 0 atom stereocenters. The van der Waals surface area contributed by atoms with Gasteiger partial charge >= 0.3 is 0 Å². The molecule has 2 heterocycles. The first kappa shape index (κ1) is 13.1.